The number of thiol groups is 1. The second-order valence-corrected chi connectivity index (χ2v) is 43.8. The zero-order valence-corrected chi connectivity index (χ0v) is 91.7. The maximum atomic E-state index is 14.9. The standard InChI is InChI=1S/C100H172N20O25S2/c1-49(2)32-63(84(128)103-60(23)82(126)104-64(33-50(3)4)85(129)116-75(44-80(102)123)96(140)117-76(45-81(124)125)97(141)120-79(48-146)100(144)145)106-92(136)72(41-58(19)20)114-98(142)77(46-121)119-99(143)78(47-122)118-94(138)73(42-59(21)22)112-90(134)69(38-55(13)14)110-88(132)67(36-53(9)10)108-87(131)66(35-52(7)8)109-89(133)68(37-54(11)12)111-91(135)70(39-56(15)16)113-95(139)74(43-61-28-26-25-27-29-61)115-93(137)71(40-57(17)18)107-86(130)65(34-51(5)6)105-83(127)62(101)30-31-147-24/h25-29,49-60,62-79,121-122,146H,30-48,101H2,1-24H3,(H2,102,123)(H,103,128)(H,104,126)(H,105,127)(H,106,136)(H,107,130)(H,108,131)(H,109,133)(H,110,132)(H,111,135)(H,112,134)(H,113,139)(H,114,142)(H,115,137)(H,116,129)(H,117,140)(H,118,138)(H,119,143)(H,120,141)(H,124,125)(H,144,145)/t60-,62-,63-,64-,65-,66-,67-,68-,69-,70-,71-,72-,73-,74-,75-,76-,77-,78-,79-/m0/s1. The van der Waals surface area contributed by atoms with Crippen LogP contribution in [-0.2, 0) is 107 Å². The molecule has 0 fully saturated rings. The van der Waals surface area contributed by atoms with Crippen molar-refractivity contribution < 1.29 is 121 Å². The lowest BCUT2D eigenvalue weighted by Gasteiger charge is -2.30. The minimum atomic E-state index is -1.95. The lowest BCUT2D eigenvalue weighted by atomic mass is 9.97. The van der Waals surface area contributed by atoms with Crippen LogP contribution < -0.4 is 107 Å². The zero-order chi connectivity index (χ0) is 112. The first-order valence-corrected chi connectivity index (χ1v) is 52.8. The Balaban J connectivity index is 3.63. The maximum absolute atomic E-state index is 14.9. The Morgan fingerprint density at radius 3 is 0.694 bits per heavy atom. The van der Waals surface area contributed by atoms with Crippen LogP contribution in [0.2, 0.25) is 0 Å². The molecule has 0 radical (unpaired) electrons. The highest BCUT2D eigenvalue weighted by Crippen LogP contribution is 2.21. The fraction of sp³-hybridized carbons (Fsp3) is 0.730. The number of aliphatic carboxylic acids is 2. The van der Waals surface area contributed by atoms with Crippen molar-refractivity contribution >= 4 is 149 Å². The first-order valence-electron chi connectivity index (χ1n) is 50.8. The van der Waals surface area contributed by atoms with Gasteiger partial charge in [-0.3, -0.25) is 95.9 Å². The van der Waals surface area contributed by atoms with Crippen molar-refractivity contribution in [2.45, 2.75) is 370 Å². The number of amides is 19. The molecule has 0 aliphatic carbocycles. The van der Waals surface area contributed by atoms with Crippen LogP contribution in [0.25, 0.3) is 0 Å². The van der Waals surface area contributed by atoms with E-state index in [9.17, 15) is 121 Å². The van der Waals surface area contributed by atoms with Crippen LogP contribution >= 0.6 is 24.4 Å². The number of thioether (sulfide) groups is 1. The molecular formula is C100H172N20O25S2. The van der Waals surface area contributed by atoms with E-state index in [1.54, 1.807) is 127 Å². The van der Waals surface area contributed by atoms with Crippen molar-refractivity contribution in [3.8, 4) is 0 Å². The molecule has 0 aromatic heterocycles. The molecule has 0 heterocycles. The van der Waals surface area contributed by atoms with E-state index < -0.39 is 271 Å². The predicted octanol–water partition coefficient (Wildman–Crippen LogP) is -0.0880. The summed E-state index contributed by atoms with van der Waals surface area (Å²) in [5.74, 6) is -23.7. The molecule has 19 atom stereocenters. The molecule has 0 saturated heterocycles. The summed E-state index contributed by atoms with van der Waals surface area (Å²) < 4.78 is 0. The monoisotopic (exact) mass is 2120 g/mol. The molecular weight excluding hydrogens is 1950 g/mol. The number of benzene rings is 1. The molecule has 0 aliphatic rings. The van der Waals surface area contributed by atoms with Crippen molar-refractivity contribution in [3.63, 3.8) is 0 Å². The van der Waals surface area contributed by atoms with Crippen LogP contribution in [0, 0.1) is 65.1 Å². The Labute approximate surface area is 874 Å². The lowest BCUT2D eigenvalue weighted by Crippen LogP contribution is -2.62. The van der Waals surface area contributed by atoms with Gasteiger partial charge >= 0.3 is 11.9 Å². The van der Waals surface area contributed by atoms with Gasteiger partial charge < -0.3 is 128 Å². The lowest BCUT2D eigenvalue weighted by molar-refractivity contribution is -0.143. The van der Waals surface area contributed by atoms with E-state index >= 15 is 0 Å². The number of carboxylic acid groups (broad SMARTS) is 2. The van der Waals surface area contributed by atoms with E-state index in [2.05, 4.69) is 103 Å². The van der Waals surface area contributed by atoms with E-state index in [0.717, 1.165) is 0 Å². The highest BCUT2D eigenvalue weighted by atomic mass is 32.2. The third kappa shape index (κ3) is 53.4. The summed E-state index contributed by atoms with van der Waals surface area (Å²) in [6, 6.07) is -19.0. The average molecular weight is 2120 g/mol. The molecule has 45 nitrogen and oxygen atoms in total. The summed E-state index contributed by atoms with van der Waals surface area (Å²) in [5, 5.41) is 86.6. The van der Waals surface area contributed by atoms with Gasteiger partial charge in [0.25, 0.3) is 0 Å². The second kappa shape index (κ2) is 68.3. The van der Waals surface area contributed by atoms with Gasteiger partial charge in [-0.05, 0) is 167 Å². The van der Waals surface area contributed by atoms with Crippen LogP contribution in [0.1, 0.15) is 255 Å². The molecule has 47 heteroatoms. The number of rotatable bonds is 71. The Morgan fingerprint density at radius 2 is 0.469 bits per heavy atom. The van der Waals surface area contributed by atoms with Gasteiger partial charge in [-0.15, -0.1) is 0 Å². The Bertz CT molecular complexity index is 4470. The molecule has 0 unspecified atom stereocenters. The molecule has 147 heavy (non-hydrogen) atoms. The second-order valence-electron chi connectivity index (χ2n) is 42.4. The SMILES string of the molecule is CSCC[C@H](N)C(=O)N[C@@H](CC(C)C)C(=O)N[C@@H](CC(C)C)C(=O)N[C@@H](Cc1ccccc1)C(=O)N[C@@H](CC(C)C)C(=O)N[C@@H](CC(C)C)C(=O)N[C@@H](CC(C)C)C(=O)N[C@@H](CC(C)C)C(=O)N[C@@H](CC(C)C)C(=O)N[C@@H](CC(C)C)C(=O)N[C@@H](CO)C(=O)N[C@@H](CO)C(=O)N[C@@H](CC(C)C)C(=O)N[C@@H](CC(C)C)C(=O)N[C@@H](C)C(=O)N[C@@H](CC(C)C)C(=O)N[C@@H](CC(N)=O)C(=O)N[C@@H](CC(=O)O)C(=O)N[C@@H](CS)C(=O)O. The van der Waals surface area contributed by atoms with Crippen LogP contribution in [0.3, 0.4) is 0 Å². The first-order chi connectivity index (χ1) is 68.5. The van der Waals surface area contributed by atoms with Crippen LogP contribution in [-0.4, -0.2) is 290 Å². The molecule has 1 aromatic rings. The third-order valence-corrected chi connectivity index (χ3v) is 23.9. The van der Waals surface area contributed by atoms with Crippen LogP contribution in [0.15, 0.2) is 30.3 Å². The molecule has 1 rings (SSSR count). The molecule has 0 spiro atoms. The van der Waals surface area contributed by atoms with Gasteiger partial charge in [0.05, 0.1) is 32.1 Å². The van der Waals surface area contributed by atoms with Crippen LogP contribution in [0.4, 0.5) is 0 Å². The molecule has 1 aromatic carbocycles. The van der Waals surface area contributed by atoms with Crippen molar-refractivity contribution in [1.82, 2.24) is 95.7 Å². The number of aliphatic hydroxyl groups is 2. The van der Waals surface area contributed by atoms with E-state index in [0.29, 0.717) is 17.7 Å². The van der Waals surface area contributed by atoms with E-state index in [-0.39, 0.29) is 142 Å². The summed E-state index contributed by atoms with van der Waals surface area (Å²) in [6.07, 6.45) is 0.185. The Kier molecular flexibility index (Phi) is 62.1. The third-order valence-electron chi connectivity index (χ3n) is 22.9. The predicted molar refractivity (Wildman–Crippen MR) is 557 cm³/mol. The fourth-order valence-corrected chi connectivity index (χ4v) is 16.3. The normalized spacial score (nSPS) is 15.5. The summed E-state index contributed by atoms with van der Waals surface area (Å²) in [7, 11) is 0. The van der Waals surface area contributed by atoms with Gasteiger partial charge in [-0.1, -0.05) is 183 Å². The molecule has 26 N–H and O–H groups in total. The molecule has 0 bridgehead atoms. The summed E-state index contributed by atoms with van der Waals surface area (Å²) >= 11 is 5.38. The smallest absolute Gasteiger partial charge is 0.327 e. The van der Waals surface area contributed by atoms with Crippen molar-refractivity contribution in [2.24, 2.45) is 76.6 Å². The molecule has 19 amide bonds. The highest BCUT2D eigenvalue weighted by Gasteiger charge is 2.42. The number of carbonyl (C=O) groups excluding carboxylic acids is 19. The van der Waals surface area contributed by atoms with E-state index in [4.69, 9.17) is 11.5 Å². The van der Waals surface area contributed by atoms with Gasteiger partial charge in [0.15, 0.2) is 0 Å². The molecule has 834 valence electrons. The number of hydrogen-bond acceptors (Lipinski definition) is 26. The first kappa shape index (κ1) is 134. The van der Waals surface area contributed by atoms with E-state index in [1.165, 1.54) is 18.7 Å². The average Bonchev–Trinajstić information content (AvgIpc) is 0.841. The minimum Gasteiger partial charge on any atom is -0.481 e. The summed E-state index contributed by atoms with van der Waals surface area (Å²) in [5.41, 5.74) is 12.2. The minimum absolute atomic E-state index is 0.00314. The Hall–Kier alpha value is -11.3. The van der Waals surface area contributed by atoms with Crippen molar-refractivity contribution in [3.05, 3.63) is 35.9 Å². The number of aliphatic hydroxyl groups excluding tert-OH is 2. The van der Waals surface area contributed by atoms with Crippen LogP contribution in [0.5, 0.6) is 0 Å². The summed E-state index contributed by atoms with van der Waals surface area (Å²) in [6.45, 7) is 38.0. The topological polar surface area (TPSA) is 708 Å². The fourth-order valence-electron chi connectivity index (χ4n) is 15.6. The van der Waals surface area contributed by atoms with E-state index in [1.807, 2.05) is 67.0 Å². The Morgan fingerprint density at radius 1 is 0.272 bits per heavy atom. The number of carbonyl (C=O) groups is 21. The van der Waals surface area contributed by atoms with Gasteiger partial charge in [0.2, 0.25) is 112 Å². The molecule has 0 aliphatic heterocycles. The quantitative estimate of drug-likeness (QED) is 0.0379. The van der Waals surface area contributed by atoms with Gasteiger partial charge in [-0.25, -0.2) is 4.79 Å². The number of nitrogens with two attached hydrogens (primary N) is 2. The molecule has 0 saturated carbocycles. The largest absolute Gasteiger partial charge is 0.481 e. The van der Waals surface area contributed by atoms with Gasteiger partial charge in [0, 0.05) is 12.2 Å². The van der Waals surface area contributed by atoms with Gasteiger partial charge in [0.1, 0.15) is 109 Å². The highest BCUT2D eigenvalue weighted by molar-refractivity contribution is 7.98. The van der Waals surface area contributed by atoms with Gasteiger partial charge in [-0.2, -0.15) is 24.4 Å². The zero-order valence-electron chi connectivity index (χ0n) is 90.0. The summed E-state index contributed by atoms with van der Waals surface area (Å²) in [4.78, 5) is 293. The van der Waals surface area contributed by atoms with Crippen molar-refractivity contribution in [2.75, 3.05) is 31.0 Å². The number of carboxylic acids is 2. The van der Waals surface area contributed by atoms with Crippen molar-refractivity contribution in [1.29, 1.82) is 0 Å². The number of hydrogen-bond donors (Lipinski definition) is 25. The maximum Gasteiger partial charge on any atom is 0.327 e. The number of primary amides is 1. The number of nitrogens with one attached hydrogen (secondary N) is 18.